The number of rotatable bonds is 3. The van der Waals surface area contributed by atoms with Gasteiger partial charge in [0, 0.05) is 38.1 Å². The lowest BCUT2D eigenvalue weighted by atomic mass is 10.0. The van der Waals surface area contributed by atoms with Gasteiger partial charge in [0.2, 0.25) is 0 Å². The SMILES string of the molecule is CCc1nccn1[C@H]1CCCN(C(=O)c2ccnc(C)n2)C1. The number of carbonyl (C=O) groups excluding carboxylic acids is 1. The van der Waals surface area contributed by atoms with Crippen molar-refractivity contribution in [1.82, 2.24) is 24.4 Å². The summed E-state index contributed by atoms with van der Waals surface area (Å²) in [6.45, 7) is 5.41. The van der Waals surface area contributed by atoms with Gasteiger partial charge in [-0.1, -0.05) is 6.92 Å². The molecular formula is C16H21N5O. The number of carbonyl (C=O) groups is 1. The Morgan fingerprint density at radius 3 is 3.00 bits per heavy atom. The molecule has 2 aromatic rings. The van der Waals surface area contributed by atoms with Crippen LogP contribution in [0.2, 0.25) is 0 Å². The van der Waals surface area contributed by atoms with Crippen LogP contribution in [0.3, 0.4) is 0 Å². The average molecular weight is 299 g/mol. The van der Waals surface area contributed by atoms with Gasteiger partial charge >= 0.3 is 0 Å². The Labute approximate surface area is 130 Å². The molecule has 0 bridgehead atoms. The number of piperidine rings is 1. The maximum atomic E-state index is 12.6. The summed E-state index contributed by atoms with van der Waals surface area (Å²) in [7, 11) is 0. The van der Waals surface area contributed by atoms with Gasteiger partial charge in [-0.15, -0.1) is 0 Å². The fourth-order valence-electron chi connectivity index (χ4n) is 3.05. The van der Waals surface area contributed by atoms with E-state index in [0.717, 1.165) is 31.6 Å². The quantitative estimate of drug-likeness (QED) is 0.870. The summed E-state index contributed by atoms with van der Waals surface area (Å²) >= 11 is 0. The van der Waals surface area contributed by atoms with E-state index in [1.165, 1.54) is 0 Å². The van der Waals surface area contributed by atoms with Crippen LogP contribution in [0, 0.1) is 6.92 Å². The van der Waals surface area contributed by atoms with E-state index in [0.29, 0.717) is 24.1 Å². The second kappa shape index (κ2) is 6.25. The Morgan fingerprint density at radius 1 is 1.36 bits per heavy atom. The van der Waals surface area contributed by atoms with Crippen molar-refractivity contribution in [3.8, 4) is 0 Å². The molecule has 0 saturated carbocycles. The van der Waals surface area contributed by atoms with Crippen LogP contribution in [0.1, 0.15) is 47.9 Å². The first kappa shape index (κ1) is 14.7. The lowest BCUT2D eigenvalue weighted by molar-refractivity contribution is 0.0671. The number of aromatic nitrogens is 4. The molecule has 1 aliphatic heterocycles. The van der Waals surface area contributed by atoms with Crippen LogP contribution < -0.4 is 0 Å². The van der Waals surface area contributed by atoms with Gasteiger partial charge in [0.25, 0.3) is 5.91 Å². The summed E-state index contributed by atoms with van der Waals surface area (Å²) in [4.78, 5) is 27.2. The molecule has 2 aromatic heterocycles. The fourth-order valence-corrected chi connectivity index (χ4v) is 3.05. The number of hydrogen-bond acceptors (Lipinski definition) is 4. The van der Waals surface area contributed by atoms with Crippen molar-refractivity contribution in [2.45, 2.75) is 39.2 Å². The maximum Gasteiger partial charge on any atom is 0.272 e. The highest BCUT2D eigenvalue weighted by molar-refractivity contribution is 5.92. The topological polar surface area (TPSA) is 63.9 Å². The molecule has 1 fully saturated rings. The summed E-state index contributed by atoms with van der Waals surface area (Å²) in [6, 6.07) is 1.99. The van der Waals surface area contributed by atoms with Crippen molar-refractivity contribution in [2.24, 2.45) is 0 Å². The third-order valence-electron chi connectivity index (χ3n) is 4.14. The predicted molar refractivity (Wildman–Crippen MR) is 82.5 cm³/mol. The molecule has 22 heavy (non-hydrogen) atoms. The third-order valence-corrected chi connectivity index (χ3v) is 4.14. The monoisotopic (exact) mass is 299 g/mol. The van der Waals surface area contributed by atoms with Crippen molar-refractivity contribution in [3.63, 3.8) is 0 Å². The summed E-state index contributed by atoms with van der Waals surface area (Å²) in [5, 5.41) is 0. The molecule has 1 aliphatic rings. The lowest BCUT2D eigenvalue weighted by Gasteiger charge is -2.34. The molecular weight excluding hydrogens is 278 g/mol. The standard InChI is InChI=1S/C16H21N5O/c1-3-15-18-8-10-21(15)13-5-4-9-20(11-13)16(22)14-6-7-17-12(2)19-14/h6-8,10,13H,3-5,9,11H2,1-2H3/t13-/m0/s1. The molecule has 1 atom stereocenters. The Bertz CT molecular complexity index is 666. The molecule has 0 N–H and O–H groups in total. The Balaban J connectivity index is 1.77. The lowest BCUT2D eigenvalue weighted by Crippen LogP contribution is -2.41. The van der Waals surface area contributed by atoms with E-state index >= 15 is 0 Å². The van der Waals surface area contributed by atoms with E-state index in [1.54, 1.807) is 19.2 Å². The van der Waals surface area contributed by atoms with E-state index in [2.05, 4.69) is 26.4 Å². The van der Waals surface area contributed by atoms with E-state index in [1.807, 2.05) is 17.3 Å². The minimum Gasteiger partial charge on any atom is -0.335 e. The van der Waals surface area contributed by atoms with Gasteiger partial charge in [-0.3, -0.25) is 4.79 Å². The van der Waals surface area contributed by atoms with E-state index in [-0.39, 0.29) is 5.91 Å². The smallest absolute Gasteiger partial charge is 0.272 e. The fraction of sp³-hybridized carbons (Fsp3) is 0.500. The molecule has 6 heteroatoms. The zero-order chi connectivity index (χ0) is 15.5. The molecule has 6 nitrogen and oxygen atoms in total. The van der Waals surface area contributed by atoms with Gasteiger partial charge in [0.1, 0.15) is 17.3 Å². The number of amides is 1. The number of nitrogens with zero attached hydrogens (tertiary/aromatic N) is 5. The number of likely N-dealkylation sites (tertiary alicyclic amines) is 1. The molecule has 0 radical (unpaired) electrons. The van der Waals surface area contributed by atoms with Crippen LogP contribution in [0.5, 0.6) is 0 Å². The second-order valence-electron chi connectivity index (χ2n) is 5.64. The van der Waals surface area contributed by atoms with Crippen LogP contribution in [0.15, 0.2) is 24.7 Å². The number of hydrogen-bond donors (Lipinski definition) is 0. The summed E-state index contributed by atoms with van der Waals surface area (Å²) in [5.41, 5.74) is 0.481. The molecule has 0 unspecified atom stereocenters. The Kier molecular flexibility index (Phi) is 4.18. The van der Waals surface area contributed by atoms with Crippen molar-refractivity contribution < 1.29 is 4.79 Å². The molecule has 0 aromatic carbocycles. The molecule has 0 spiro atoms. The highest BCUT2D eigenvalue weighted by Gasteiger charge is 2.27. The van der Waals surface area contributed by atoms with Gasteiger partial charge in [-0.05, 0) is 25.8 Å². The van der Waals surface area contributed by atoms with Crippen molar-refractivity contribution in [2.75, 3.05) is 13.1 Å². The zero-order valence-corrected chi connectivity index (χ0v) is 13.1. The zero-order valence-electron chi connectivity index (χ0n) is 13.1. The van der Waals surface area contributed by atoms with E-state index in [4.69, 9.17) is 0 Å². The molecule has 1 saturated heterocycles. The minimum atomic E-state index is -0.00614. The highest BCUT2D eigenvalue weighted by atomic mass is 16.2. The first-order valence-corrected chi connectivity index (χ1v) is 7.79. The summed E-state index contributed by atoms with van der Waals surface area (Å²) < 4.78 is 2.21. The third kappa shape index (κ3) is 2.86. The van der Waals surface area contributed by atoms with Crippen molar-refractivity contribution in [3.05, 3.63) is 42.0 Å². The average Bonchev–Trinajstić information content (AvgIpc) is 3.03. The van der Waals surface area contributed by atoms with Crippen LogP contribution in [0.4, 0.5) is 0 Å². The summed E-state index contributed by atoms with van der Waals surface area (Å²) in [6.07, 6.45) is 8.49. The first-order valence-electron chi connectivity index (χ1n) is 7.79. The van der Waals surface area contributed by atoms with Crippen molar-refractivity contribution in [1.29, 1.82) is 0 Å². The molecule has 0 aliphatic carbocycles. The first-order chi connectivity index (χ1) is 10.7. The summed E-state index contributed by atoms with van der Waals surface area (Å²) in [5.74, 6) is 1.70. The van der Waals surface area contributed by atoms with Crippen LogP contribution in [0.25, 0.3) is 0 Å². The normalized spacial score (nSPS) is 18.5. The molecule has 1 amide bonds. The van der Waals surface area contributed by atoms with Gasteiger partial charge in [0.05, 0.1) is 6.04 Å². The Hall–Kier alpha value is -2.24. The van der Waals surface area contributed by atoms with Gasteiger partial charge in [0.15, 0.2) is 0 Å². The largest absolute Gasteiger partial charge is 0.335 e. The molecule has 3 heterocycles. The van der Waals surface area contributed by atoms with Gasteiger partial charge in [-0.2, -0.15) is 0 Å². The minimum absolute atomic E-state index is 0.00614. The maximum absolute atomic E-state index is 12.6. The van der Waals surface area contributed by atoms with Crippen molar-refractivity contribution >= 4 is 5.91 Å². The second-order valence-corrected chi connectivity index (χ2v) is 5.64. The van der Waals surface area contributed by atoms with E-state index in [9.17, 15) is 4.79 Å². The predicted octanol–water partition coefficient (Wildman–Crippen LogP) is 2.02. The number of aryl methyl sites for hydroxylation is 2. The van der Waals surface area contributed by atoms with Gasteiger partial charge in [-0.25, -0.2) is 15.0 Å². The van der Waals surface area contributed by atoms with E-state index < -0.39 is 0 Å². The van der Waals surface area contributed by atoms with Crippen LogP contribution in [-0.4, -0.2) is 43.4 Å². The van der Waals surface area contributed by atoms with Crippen LogP contribution >= 0.6 is 0 Å². The molecule has 3 rings (SSSR count). The Morgan fingerprint density at radius 2 is 2.23 bits per heavy atom. The van der Waals surface area contributed by atoms with Crippen LogP contribution in [-0.2, 0) is 6.42 Å². The highest BCUT2D eigenvalue weighted by Crippen LogP contribution is 2.24. The molecule has 116 valence electrons. The number of imidazole rings is 1. The van der Waals surface area contributed by atoms with Gasteiger partial charge < -0.3 is 9.47 Å².